The van der Waals surface area contributed by atoms with Crippen LogP contribution in [0.3, 0.4) is 0 Å². The van der Waals surface area contributed by atoms with Crippen LogP contribution in [0.15, 0.2) is 12.1 Å². The summed E-state index contributed by atoms with van der Waals surface area (Å²) in [4.78, 5) is 4.26. The average Bonchev–Trinajstić information content (AvgIpc) is 2.61. The Labute approximate surface area is 106 Å². The van der Waals surface area contributed by atoms with Crippen molar-refractivity contribution in [3.63, 3.8) is 0 Å². The molecule has 1 aromatic heterocycles. The summed E-state index contributed by atoms with van der Waals surface area (Å²) in [5, 5.41) is 4.32. The Morgan fingerprint density at radius 3 is 2.44 bits per heavy atom. The number of hydrogen-bond acceptors (Lipinski definition) is 3. The van der Waals surface area contributed by atoms with Crippen molar-refractivity contribution in [3.05, 3.63) is 40.7 Å². The van der Waals surface area contributed by atoms with Crippen molar-refractivity contribution >= 4 is 0 Å². The van der Waals surface area contributed by atoms with Gasteiger partial charge >= 0.3 is 0 Å². The second kappa shape index (κ2) is 4.49. The van der Waals surface area contributed by atoms with E-state index in [-0.39, 0.29) is 11.9 Å². The van der Waals surface area contributed by atoms with Gasteiger partial charge in [0.25, 0.3) is 0 Å². The lowest BCUT2D eigenvalue weighted by Crippen LogP contribution is -2.12. The molecule has 1 aromatic carbocycles. The fraction of sp³-hybridized carbons (Fsp3) is 0.385. The van der Waals surface area contributed by atoms with Crippen molar-refractivity contribution in [2.24, 2.45) is 5.73 Å². The smallest absolute Gasteiger partial charge is 0.148 e. The maximum atomic E-state index is 13.6. The minimum Gasteiger partial charge on any atom is -0.324 e. The minimum absolute atomic E-state index is 0.249. The summed E-state index contributed by atoms with van der Waals surface area (Å²) in [5.74, 6) is 1.20. The van der Waals surface area contributed by atoms with Gasteiger partial charge in [-0.3, -0.25) is 0 Å². The van der Waals surface area contributed by atoms with Gasteiger partial charge in [-0.25, -0.2) is 14.1 Å². The number of nitrogens with two attached hydrogens (primary N) is 1. The van der Waals surface area contributed by atoms with Gasteiger partial charge in [-0.1, -0.05) is 0 Å². The molecule has 0 amide bonds. The molecule has 0 aliphatic carbocycles. The molecule has 0 saturated carbocycles. The first-order valence-corrected chi connectivity index (χ1v) is 5.86. The molecule has 1 heterocycles. The van der Waals surface area contributed by atoms with E-state index in [0.717, 1.165) is 17.1 Å². The topological polar surface area (TPSA) is 56.7 Å². The molecular formula is C13H17FN4. The van der Waals surface area contributed by atoms with Gasteiger partial charge in [0.2, 0.25) is 0 Å². The maximum absolute atomic E-state index is 13.6. The summed E-state index contributed by atoms with van der Waals surface area (Å²) in [7, 11) is 0. The molecular weight excluding hydrogens is 231 g/mol. The molecule has 0 fully saturated rings. The monoisotopic (exact) mass is 248 g/mol. The van der Waals surface area contributed by atoms with Crippen molar-refractivity contribution in [1.29, 1.82) is 0 Å². The van der Waals surface area contributed by atoms with Crippen LogP contribution in [0.25, 0.3) is 5.69 Å². The Morgan fingerprint density at radius 1 is 1.28 bits per heavy atom. The minimum atomic E-state index is -0.265. The molecule has 0 radical (unpaired) electrons. The number of hydrogen-bond donors (Lipinski definition) is 1. The van der Waals surface area contributed by atoms with Gasteiger partial charge in [-0.2, -0.15) is 5.10 Å². The van der Waals surface area contributed by atoms with Crippen molar-refractivity contribution in [3.8, 4) is 5.69 Å². The first kappa shape index (κ1) is 12.7. The van der Waals surface area contributed by atoms with Crippen LogP contribution in [0, 0.1) is 26.6 Å². The number of rotatable bonds is 2. The maximum Gasteiger partial charge on any atom is 0.148 e. The lowest BCUT2D eigenvalue weighted by atomic mass is 10.0. The third-order valence-electron chi connectivity index (χ3n) is 2.90. The van der Waals surface area contributed by atoms with E-state index in [1.807, 2.05) is 20.8 Å². The molecule has 0 saturated heterocycles. The molecule has 1 atom stereocenters. The summed E-state index contributed by atoms with van der Waals surface area (Å²) < 4.78 is 15.3. The standard InChI is InChI=1S/C13H17FN4/c1-7-5-13(11(8(2)15)6-12(7)14)18-10(4)16-9(3)17-18/h5-6,8H,15H2,1-4H3/t8-/m1/s1. The van der Waals surface area contributed by atoms with Gasteiger partial charge in [0.1, 0.15) is 17.5 Å². The van der Waals surface area contributed by atoms with Crippen molar-refractivity contribution in [2.45, 2.75) is 33.7 Å². The molecule has 0 aliphatic heterocycles. The Kier molecular flexibility index (Phi) is 3.17. The van der Waals surface area contributed by atoms with Gasteiger partial charge in [0, 0.05) is 6.04 Å². The zero-order valence-corrected chi connectivity index (χ0v) is 11.0. The van der Waals surface area contributed by atoms with Crippen LogP contribution < -0.4 is 5.73 Å². The van der Waals surface area contributed by atoms with Crippen LogP contribution in [0.4, 0.5) is 4.39 Å². The van der Waals surface area contributed by atoms with Crippen molar-refractivity contribution in [1.82, 2.24) is 14.8 Å². The van der Waals surface area contributed by atoms with Crippen LogP contribution in [-0.4, -0.2) is 14.8 Å². The molecule has 96 valence electrons. The first-order valence-electron chi connectivity index (χ1n) is 5.86. The fourth-order valence-electron chi connectivity index (χ4n) is 1.98. The Morgan fingerprint density at radius 2 is 1.94 bits per heavy atom. The average molecular weight is 248 g/mol. The Balaban J connectivity index is 2.69. The molecule has 2 aromatic rings. The third kappa shape index (κ3) is 2.13. The number of benzene rings is 1. The quantitative estimate of drug-likeness (QED) is 0.887. The fourth-order valence-corrected chi connectivity index (χ4v) is 1.98. The zero-order valence-electron chi connectivity index (χ0n) is 11.0. The second-order valence-electron chi connectivity index (χ2n) is 4.57. The lowest BCUT2D eigenvalue weighted by Gasteiger charge is -2.15. The van der Waals surface area contributed by atoms with Crippen LogP contribution in [0.5, 0.6) is 0 Å². The van der Waals surface area contributed by atoms with E-state index in [1.54, 1.807) is 17.7 Å². The van der Waals surface area contributed by atoms with Crippen molar-refractivity contribution in [2.75, 3.05) is 0 Å². The van der Waals surface area contributed by atoms with Crippen LogP contribution in [0.2, 0.25) is 0 Å². The molecule has 18 heavy (non-hydrogen) atoms. The molecule has 5 heteroatoms. The lowest BCUT2D eigenvalue weighted by molar-refractivity contribution is 0.610. The Hall–Kier alpha value is -1.75. The highest BCUT2D eigenvalue weighted by atomic mass is 19.1. The predicted octanol–water partition coefficient (Wildman–Crippen LogP) is 2.35. The van der Waals surface area contributed by atoms with Crippen LogP contribution in [-0.2, 0) is 0 Å². The summed E-state index contributed by atoms with van der Waals surface area (Å²) in [6.07, 6.45) is 0. The summed E-state index contributed by atoms with van der Waals surface area (Å²) in [6, 6.07) is 2.97. The zero-order chi connectivity index (χ0) is 13.4. The summed E-state index contributed by atoms with van der Waals surface area (Å²) in [5.41, 5.74) is 7.99. The van der Waals surface area contributed by atoms with Gasteiger partial charge in [-0.15, -0.1) is 0 Å². The van der Waals surface area contributed by atoms with E-state index in [4.69, 9.17) is 5.73 Å². The molecule has 0 unspecified atom stereocenters. The largest absolute Gasteiger partial charge is 0.324 e. The number of nitrogens with zero attached hydrogens (tertiary/aromatic N) is 3. The van der Waals surface area contributed by atoms with E-state index in [1.165, 1.54) is 6.07 Å². The van der Waals surface area contributed by atoms with E-state index < -0.39 is 0 Å². The van der Waals surface area contributed by atoms with Crippen LogP contribution >= 0.6 is 0 Å². The first-order chi connectivity index (χ1) is 8.40. The highest BCUT2D eigenvalue weighted by Crippen LogP contribution is 2.24. The molecule has 0 spiro atoms. The van der Waals surface area contributed by atoms with E-state index in [2.05, 4.69) is 10.1 Å². The third-order valence-corrected chi connectivity index (χ3v) is 2.90. The normalized spacial score (nSPS) is 12.8. The number of aryl methyl sites for hydroxylation is 3. The van der Waals surface area contributed by atoms with Gasteiger partial charge in [-0.05, 0) is 51.0 Å². The van der Waals surface area contributed by atoms with Gasteiger partial charge in [0.15, 0.2) is 0 Å². The molecule has 0 aliphatic rings. The molecule has 0 bridgehead atoms. The van der Waals surface area contributed by atoms with Gasteiger partial charge < -0.3 is 5.73 Å². The van der Waals surface area contributed by atoms with E-state index in [9.17, 15) is 4.39 Å². The number of halogens is 1. The highest BCUT2D eigenvalue weighted by Gasteiger charge is 2.15. The van der Waals surface area contributed by atoms with E-state index >= 15 is 0 Å². The van der Waals surface area contributed by atoms with Crippen molar-refractivity contribution < 1.29 is 4.39 Å². The van der Waals surface area contributed by atoms with Gasteiger partial charge in [0.05, 0.1) is 5.69 Å². The summed E-state index contributed by atoms with van der Waals surface area (Å²) in [6.45, 7) is 7.24. The number of aromatic nitrogens is 3. The SMILES string of the molecule is Cc1nc(C)n(-c2cc(C)c(F)cc2[C@@H](C)N)n1. The highest BCUT2D eigenvalue weighted by molar-refractivity contribution is 5.46. The molecule has 2 N–H and O–H groups in total. The Bertz CT molecular complexity index is 587. The second-order valence-corrected chi connectivity index (χ2v) is 4.57. The molecule has 4 nitrogen and oxygen atoms in total. The summed E-state index contributed by atoms with van der Waals surface area (Å²) >= 11 is 0. The van der Waals surface area contributed by atoms with Crippen LogP contribution in [0.1, 0.15) is 35.7 Å². The van der Waals surface area contributed by atoms with E-state index in [0.29, 0.717) is 11.4 Å². The predicted molar refractivity (Wildman–Crippen MR) is 68.1 cm³/mol. The molecule has 2 rings (SSSR count).